The number of carbonyl (C=O) groups excluding carboxylic acids is 2. The number of rotatable bonds is 4. The van der Waals surface area contributed by atoms with Crippen molar-refractivity contribution in [3.05, 3.63) is 51.9 Å². The average molecular weight is 274 g/mol. The second-order valence-corrected chi connectivity index (χ2v) is 5.30. The Bertz CT molecular complexity index is 632. The van der Waals surface area contributed by atoms with Crippen molar-refractivity contribution < 1.29 is 9.59 Å². The lowest BCUT2D eigenvalue weighted by Gasteiger charge is -2.00. The number of hydrogen-bond acceptors (Lipinski definition) is 4. The van der Waals surface area contributed by atoms with E-state index in [-0.39, 0.29) is 11.3 Å². The van der Waals surface area contributed by atoms with Gasteiger partial charge in [-0.2, -0.15) is 0 Å². The monoisotopic (exact) mass is 274 g/mol. The summed E-state index contributed by atoms with van der Waals surface area (Å²) >= 11 is 1.12. The molecule has 0 radical (unpaired) electrons. The molecule has 0 fully saturated rings. The standard InChI is InChI=1S/C14H14N2O2S/c1-8-11(13(15)18)14(16)19-12(8)10(17)7-9-5-3-2-4-6-9/h2-6H,7,16H2,1H3,(H2,15,18). The lowest BCUT2D eigenvalue weighted by molar-refractivity contribution is 0.0995. The molecule has 2 aromatic rings. The van der Waals surface area contributed by atoms with Crippen LogP contribution in [0.5, 0.6) is 0 Å². The maximum atomic E-state index is 12.2. The molecule has 0 saturated heterocycles. The van der Waals surface area contributed by atoms with E-state index in [9.17, 15) is 9.59 Å². The van der Waals surface area contributed by atoms with Crippen LogP contribution in [0.3, 0.4) is 0 Å². The van der Waals surface area contributed by atoms with Gasteiger partial charge in [-0.1, -0.05) is 30.3 Å². The van der Waals surface area contributed by atoms with Gasteiger partial charge in [-0.15, -0.1) is 11.3 Å². The van der Waals surface area contributed by atoms with Crippen molar-refractivity contribution in [2.75, 3.05) is 5.73 Å². The third kappa shape index (κ3) is 2.66. The Balaban J connectivity index is 2.30. The number of hydrogen-bond donors (Lipinski definition) is 2. The molecule has 0 aliphatic carbocycles. The zero-order chi connectivity index (χ0) is 14.0. The van der Waals surface area contributed by atoms with Gasteiger partial charge in [0.15, 0.2) is 5.78 Å². The number of nitrogen functional groups attached to an aromatic ring is 1. The van der Waals surface area contributed by atoms with Gasteiger partial charge in [-0.05, 0) is 18.1 Å². The van der Waals surface area contributed by atoms with Crippen LogP contribution in [-0.2, 0) is 6.42 Å². The van der Waals surface area contributed by atoms with Gasteiger partial charge in [-0.3, -0.25) is 9.59 Å². The van der Waals surface area contributed by atoms with Crippen molar-refractivity contribution in [1.29, 1.82) is 0 Å². The van der Waals surface area contributed by atoms with E-state index in [0.717, 1.165) is 16.9 Å². The minimum absolute atomic E-state index is 0.0482. The highest BCUT2D eigenvalue weighted by molar-refractivity contribution is 7.18. The van der Waals surface area contributed by atoms with Crippen molar-refractivity contribution in [3.63, 3.8) is 0 Å². The molecule has 1 aromatic carbocycles. The van der Waals surface area contributed by atoms with Crippen LogP contribution in [0, 0.1) is 6.92 Å². The molecule has 0 saturated carbocycles. The van der Waals surface area contributed by atoms with Gasteiger partial charge in [0.25, 0.3) is 5.91 Å². The summed E-state index contributed by atoms with van der Waals surface area (Å²) in [7, 11) is 0. The van der Waals surface area contributed by atoms with Gasteiger partial charge in [0.2, 0.25) is 0 Å². The minimum Gasteiger partial charge on any atom is -0.390 e. The van der Waals surface area contributed by atoms with Crippen LogP contribution < -0.4 is 11.5 Å². The van der Waals surface area contributed by atoms with E-state index in [1.54, 1.807) is 6.92 Å². The summed E-state index contributed by atoms with van der Waals surface area (Å²) in [6, 6.07) is 9.44. The van der Waals surface area contributed by atoms with Crippen molar-refractivity contribution >= 4 is 28.0 Å². The Morgan fingerprint density at radius 3 is 2.37 bits per heavy atom. The van der Waals surface area contributed by atoms with Crippen molar-refractivity contribution in [1.82, 2.24) is 0 Å². The van der Waals surface area contributed by atoms with Crippen LogP contribution in [0.1, 0.15) is 31.2 Å². The summed E-state index contributed by atoms with van der Waals surface area (Å²) in [4.78, 5) is 24.0. The molecule has 5 heteroatoms. The predicted molar refractivity (Wildman–Crippen MR) is 76.5 cm³/mol. The fraction of sp³-hybridized carbons (Fsp3) is 0.143. The van der Waals surface area contributed by atoms with Crippen LogP contribution in [0.25, 0.3) is 0 Å². The number of Topliss-reactive ketones (excluding diaryl/α,β-unsaturated/α-hetero) is 1. The van der Waals surface area contributed by atoms with Gasteiger partial charge in [0.1, 0.15) is 0 Å². The van der Waals surface area contributed by atoms with Crippen LogP contribution in [-0.4, -0.2) is 11.7 Å². The molecule has 0 bridgehead atoms. The van der Waals surface area contributed by atoms with E-state index in [2.05, 4.69) is 0 Å². The molecular weight excluding hydrogens is 260 g/mol. The summed E-state index contributed by atoms with van der Waals surface area (Å²) in [5, 5.41) is 0.307. The van der Waals surface area contributed by atoms with E-state index < -0.39 is 5.91 Å². The normalized spacial score (nSPS) is 10.4. The second-order valence-electron chi connectivity index (χ2n) is 4.25. The van der Waals surface area contributed by atoms with Gasteiger partial charge < -0.3 is 11.5 Å². The zero-order valence-corrected chi connectivity index (χ0v) is 11.3. The summed E-state index contributed by atoms with van der Waals surface area (Å²) in [5.74, 6) is -0.641. The molecule has 1 aromatic heterocycles. The summed E-state index contributed by atoms with van der Waals surface area (Å²) in [6.07, 6.45) is 0.292. The highest BCUT2D eigenvalue weighted by atomic mass is 32.1. The number of amides is 1. The molecular formula is C14H14N2O2S. The first-order valence-corrected chi connectivity index (χ1v) is 6.58. The minimum atomic E-state index is -0.593. The summed E-state index contributed by atoms with van der Waals surface area (Å²) < 4.78 is 0. The smallest absolute Gasteiger partial charge is 0.251 e. The zero-order valence-electron chi connectivity index (χ0n) is 10.5. The Kier molecular flexibility index (Phi) is 3.66. The first kappa shape index (κ1) is 13.3. The quantitative estimate of drug-likeness (QED) is 0.838. The van der Waals surface area contributed by atoms with Crippen molar-refractivity contribution in [2.24, 2.45) is 5.73 Å². The van der Waals surface area contributed by atoms with E-state index in [1.807, 2.05) is 30.3 Å². The van der Waals surface area contributed by atoms with E-state index in [4.69, 9.17) is 11.5 Å². The molecule has 0 spiro atoms. The number of primary amides is 1. The molecule has 1 heterocycles. The van der Waals surface area contributed by atoms with Gasteiger partial charge >= 0.3 is 0 Å². The molecule has 0 aliphatic heterocycles. The van der Waals surface area contributed by atoms with E-state index in [1.165, 1.54) is 0 Å². The first-order chi connectivity index (χ1) is 9.00. The van der Waals surface area contributed by atoms with E-state index in [0.29, 0.717) is 21.9 Å². The molecule has 98 valence electrons. The van der Waals surface area contributed by atoms with Gasteiger partial charge in [0, 0.05) is 6.42 Å². The number of benzene rings is 1. The average Bonchev–Trinajstić information content (AvgIpc) is 2.66. The maximum Gasteiger partial charge on any atom is 0.251 e. The third-order valence-corrected chi connectivity index (χ3v) is 4.04. The first-order valence-electron chi connectivity index (χ1n) is 5.76. The topological polar surface area (TPSA) is 86.2 Å². The Labute approximate surface area is 115 Å². The van der Waals surface area contributed by atoms with Crippen LogP contribution in [0.2, 0.25) is 0 Å². The largest absolute Gasteiger partial charge is 0.390 e. The lowest BCUT2D eigenvalue weighted by Crippen LogP contribution is -2.13. The van der Waals surface area contributed by atoms with Crippen molar-refractivity contribution in [3.8, 4) is 0 Å². The number of carbonyl (C=O) groups is 2. The SMILES string of the molecule is Cc1c(C(=O)Cc2ccccc2)sc(N)c1C(N)=O. The highest BCUT2D eigenvalue weighted by Gasteiger charge is 2.21. The number of anilines is 1. The molecule has 0 unspecified atom stereocenters. The molecule has 4 nitrogen and oxygen atoms in total. The number of ketones is 1. The fourth-order valence-corrected chi connectivity index (χ4v) is 2.99. The van der Waals surface area contributed by atoms with E-state index >= 15 is 0 Å². The third-order valence-electron chi connectivity index (χ3n) is 2.88. The Morgan fingerprint density at radius 2 is 1.84 bits per heavy atom. The Hall–Kier alpha value is -2.14. The summed E-state index contributed by atoms with van der Waals surface area (Å²) in [6.45, 7) is 1.70. The van der Waals surface area contributed by atoms with Crippen molar-refractivity contribution in [2.45, 2.75) is 13.3 Å². The second kappa shape index (κ2) is 5.24. The predicted octanol–water partition coefficient (Wildman–Crippen LogP) is 2.16. The van der Waals surface area contributed by atoms with Crippen LogP contribution in [0.4, 0.5) is 5.00 Å². The Morgan fingerprint density at radius 1 is 1.21 bits per heavy atom. The molecule has 1 amide bonds. The fourth-order valence-electron chi connectivity index (χ4n) is 1.97. The summed E-state index contributed by atoms with van der Waals surface area (Å²) in [5.41, 5.74) is 12.8. The lowest BCUT2D eigenvalue weighted by atomic mass is 10.0. The number of nitrogens with two attached hydrogens (primary N) is 2. The molecule has 19 heavy (non-hydrogen) atoms. The van der Waals surface area contributed by atoms with Gasteiger partial charge in [0.05, 0.1) is 15.4 Å². The molecule has 2 rings (SSSR count). The molecule has 0 aliphatic rings. The maximum absolute atomic E-state index is 12.2. The van der Waals surface area contributed by atoms with Crippen LogP contribution >= 0.6 is 11.3 Å². The van der Waals surface area contributed by atoms with Gasteiger partial charge in [-0.25, -0.2) is 0 Å². The molecule has 4 N–H and O–H groups in total. The number of thiophene rings is 1. The van der Waals surface area contributed by atoms with Crippen LogP contribution in [0.15, 0.2) is 30.3 Å². The molecule has 0 atom stereocenters. The highest BCUT2D eigenvalue weighted by Crippen LogP contribution is 2.31.